The highest BCUT2D eigenvalue weighted by Crippen LogP contribution is 2.34. The van der Waals surface area contributed by atoms with E-state index < -0.39 is 0 Å². The van der Waals surface area contributed by atoms with E-state index in [1.807, 2.05) is 13.8 Å². The molecule has 0 unspecified atom stereocenters. The second kappa shape index (κ2) is 6.40. The molecule has 0 atom stereocenters. The quantitative estimate of drug-likeness (QED) is 0.789. The largest absolute Gasteiger partial charge is 0.496 e. The zero-order chi connectivity index (χ0) is 13.7. The van der Waals surface area contributed by atoms with Crippen molar-refractivity contribution in [2.45, 2.75) is 26.7 Å². The third-order valence-electron chi connectivity index (χ3n) is 3.08. The number of methoxy groups -OCH3 is 2. The van der Waals surface area contributed by atoms with Crippen LogP contribution in [-0.4, -0.2) is 31.7 Å². The van der Waals surface area contributed by atoms with Crippen LogP contribution in [0.4, 0.5) is 0 Å². The van der Waals surface area contributed by atoms with Crippen molar-refractivity contribution >= 4 is 5.78 Å². The minimum absolute atomic E-state index is 0.00995. The molecule has 100 valence electrons. The molecule has 0 spiro atoms. The van der Waals surface area contributed by atoms with Gasteiger partial charge >= 0.3 is 0 Å². The fraction of sp³-hybridized carbons (Fsp3) is 0.500. The Labute approximate surface area is 108 Å². The van der Waals surface area contributed by atoms with Crippen LogP contribution in [-0.2, 0) is 0 Å². The van der Waals surface area contributed by atoms with Crippen molar-refractivity contribution in [3.8, 4) is 11.5 Å². The van der Waals surface area contributed by atoms with Gasteiger partial charge in [0.05, 0.1) is 19.8 Å². The Balaban J connectivity index is 3.24. The summed E-state index contributed by atoms with van der Waals surface area (Å²) in [5.41, 5.74) is 2.39. The van der Waals surface area contributed by atoms with Crippen molar-refractivity contribution in [2.75, 3.05) is 20.8 Å². The average molecular weight is 252 g/mol. The number of rotatable bonds is 6. The molecule has 0 saturated carbocycles. The molecule has 0 radical (unpaired) electrons. The highest BCUT2D eigenvalue weighted by Gasteiger charge is 2.18. The van der Waals surface area contributed by atoms with Crippen molar-refractivity contribution in [3.63, 3.8) is 0 Å². The summed E-state index contributed by atoms with van der Waals surface area (Å²) >= 11 is 0. The van der Waals surface area contributed by atoms with E-state index in [0.29, 0.717) is 29.9 Å². The van der Waals surface area contributed by atoms with Crippen LogP contribution in [0.3, 0.4) is 0 Å². The smallest absolute Gasteiger partial charge is 0.166 e. The van der Waals surface area contributed by atoms with Gasteiger partial charge in [-0.1, -0.05) is 0 Å². The lowest BCUT2D eigenvalue weighted by molar-refractivity contribution is 0.0967. The molecule has 0 aliphatic heterocycles. The van der Waals surface area contributed by atoms with Crippen LogP contribution in [0.2, 0.25) is 0 Å². The van der Waals surface area contributed by atoms with Crippen molar-refractivity contribution in [1.82, 2.24) is 0 Å². The lowest BCUT2D eigenvalue weighted by Gasteiger charge is -2.16. The maximum Gasteiger partial charge on any atom is 0.166 e. The van der Waals surface area contributed by atoms with Gasteiger partial charge in [0.15, 0.2) is 5.78 Å². The van der Waals surface area contributed by atoms with Crippen LogP contribution in [0.5, 0.6) is 11.5 Å². The number of benzene rings is 1. The highest BCUT2D eigenvalue weighted by molar-refractivity contribution is 5.99. The number of hydrogen-bond acceptors (Lipinski definition) is 4. The van der Waals surface area contributed by atoms with Gasteiger partial charge in [-0.25, -0.2) is 0 Å². The molecule has 0 bridgehead atoms. The Morgan fingerprint density at radius 2 is 1.89 bits per heavy atom. The number of carbonyl (C=O) groups is 1. The normalized spacial score (nSPS) is 10.3. The first-order chi connectivity index (χ1) is 8.56. The topological polar surface area (TPSA) is 55.8 Å². The zero-order valence-electron chi connectivity index (χ0n) is 11.4. The van der Waals surface area contributed by atoms with Gasteiger partial charge in [-0.3, -0.25) is 4.79 Å². The van der Waals surface area contributed by atoms with Crippen LogP contribution in [0.1, 0.15) is 34.3 Å². The summed E-state index contributed by atoms with van der Waals surface area (Å²) in [6, 6.07) is 1.71. The van der Waals surface area contributed by atoms with Crippen LogP contribution in [0.15, 0.2) is 6.07 Å². The third kappa shape index (κ3) is 2.82. The van der Waals surface area contributed by atoms with Gasteiger partial charge in [-0.05, 0) is 37.5 Å². The summed E-state index contributed by atoms with van der Waals surface area (Å²) < 4.78 is 10.6. The minimum Gasteiger partial charge on any atom is -0.496 e. The second-order valence-corrected chi connectivity index (χ2v) is 4.16. The van der Waals surface area contributed by atoms with E-state index in [0.717, 1.165) is 11.1 Å². The molecular formula is C14H20O4. The summed E-state index contributed by atoms with van der Waals surface area (Å²) in [5.74, 6) is 1.24. The van der Waals surface area contributed by atoms with Crippen LogP contribution < -0.4 is 9.47 Å². The van der Waals surface area contributed by atoms with E-state index in [2.05, 4.69) is 0 Å². The molecule has 1 rings (SSSR count). The Hall–Kier alpha value is -1.55. The molecule has 18 heavy (non-hydrogen) atoms. The van der Waals surface area contributed by atoms with Crippen LogP contribution >= 0.6 is 0 Å². The molecule has 0 amide bonds. The van der Waals surface area contributed by atoms with Crippen molar-refractivity contribution < 1.29 is 19.4 Å². The summed E-state index contributed by atoms with van der Waals surface area (Å²) in [6.45, 7) is 3.84. The molecule has 1 N–H and O–H groups in total. The van der Waals surface area contributed by atoms with Gasteiger partial charge in [0.2, 0.25) is 0 Å². The number of aliphatic hydroxyl groups is 1. The average Bonchev–Trinajstić information content (AvgIpc) is 2.38. The molecule has 0 heterocycles. The number of carbonyl (C=O) groups excluding carboxylic acids is 1. The first kappa shape index (κ1) is 14.5. The maximum absolute atomic E-state index is 12.1. The van der Waals surface area contributed by atoms with E-state index >= 15 is 0 Å². The third-order valence-corrected chi connectivity index (χ3v) is 3.08. The molecule has 0 aromatic heterocycles. The number of hydrogen-bond donors (Lipinski definition) is 1. The first-order valence-electron chi connectivity index (χ1n) is 5.93. The molecule has 0 aliphatic carbocycles. The Kier molecular flexibility index (Phi) is 5.16. The molecule has 0 aliphatic rings. The number of ketones is 1. The van der Waals surface area contributed by atoms with E-state index in [-0.39, 0.29) is 12.4 Å². The molecule has 0 saturated heterocycles. The maximum atomic E-state index is 12.1. The lowest BCUT2D eigenvalue weighted by atomic mass is 9.98. The zero-order valence-corrected chi connectivity index (χ0v) is 11.4. The summed E-state index contributed by atoms with van der Waals surface area (Å²) in [7, 11) is 3.13. The van der Waals surface area contributed by atoms with Crippen molar-refractivity contribution in [1.29, 1.82) is 0 Å². The summed E-state index contributed by atoms with van der Waals surface area (Å²) in [5, 5.41) is 8.78. The fourth-order valence-electron chi connectivity index (χ4n) is 1.92. The van der Waals surface area contributed by atoms with E-state index in [1.54, 1.807) is 20.3 Å². The first-order valence-corrected chi connectivity index (χ1v) is 5.93. The summed E-state index contributed by atoms with van der Waals surface area (Å²) in [6.07, 6.45) is 0.760. The predicted octanol–water partition coefficient (Wildman–Crippen LogP) is 2.28. The summed E-state index contributed by atoms with van der Waals surface area (Å²) in [4.78, 5) is 12.1. The molecular weight excluding hydrogens is 232 g/mol. The van der Waals surface area contributed by atoms with Crippen molar-refractivity contribution in [2.24, 2.45) is 0 Å². The van der Waals surface area contributed by atoms with Gasteiger partial charge in [0.25, 0.3) is 0 Å². The number of ether oxygens (including phenoxy) is 2. The number of Topliss-reactive ketones (excluding diaryl/α,β-unsaturated/α-hetero) is 1. The van der Waals surface area contributed by atoms with Gasteiger partial charge in [0, 0.05) is 13.0 Å². The molecule has 4 heteroatoms. The van der Waals surface area contributed by atoms with Gasteiger partial charge < -0.3 is 14.6 Å². The van der Waals surface area contributed by atoms with E-state index in [4.69, 9.17) is 14.6 Å². The van der Waals surface area contributed by atoms with Crippen molar-refractivity contribution in [3.05, 3.63) is 22.8 Å². The van der Waals surface area contributed by atoms with Gasteiger partial charge in [-0.15, -0.1) is 0 Å². The fourth-order valence-corrected chi connectivity index (χ4v) is 1.92. The molecule has 4 nitrogen and oxygen atoms in total. The monoisotopic (exact) mass is 252 g/mol. The van der Waals surface area contributed by atoms with Crippen LogP contribution in [0, 0.1) is 13.8 Å². The standard InChI is InChI=1S/C14H20O4/c1-9-10(2)14(18-4)11(8-13(9)17-3)12(16)6-5-7-15/h8,15H,5-7H2,1-4H3. The molecule has 1 aromatic carbocycles. The Morgan fingerprint density at radius 3 is 2.39 bits per heavy atom. The van der Waals surface area contributed by atoms with E-state index in [1.165, 1.54) is 0 Å². The minimum atomic E-state index is -0.0395. The highest BCUT2D eigenvalue weighted by atomic mass is 16.5. The molecule has 1 aromatic rings. The predicted molar refractivity (Wildman–Crippen MR) is 69.7 cm³/mol. The second-order valence-electron chi connectivity index (χ2n) is 4.16. The van der Waals surface area contributed by atoms with Crippen LogP contribution in [0.25, 0.3) is 0 Å². The van der Waals surface area contributed by atoms with Gasteiger partial charge in [0.1, 0.15) is 11.5 Å². The lowest BCUT2D eigenvalue weighted by Crippen LogP contribution is -2.06. The molecule has 0 fully saturated rings. The van der Waals surface area contributed by atoms with Gasteiger partial charge in [-0.2, -0.15) is 0 Å². The number of aliphatic hydroxyl groups excluding tert-OH is 1. The SMILES string of the molecule is COc1cc(C(=O)CCCO)c(OC)c(C)c1C. The van der Waals surface area contributed by atoms with E-state index in [9.17, 15) is 4.79 Å². The Bertz CT molecular complexity index is 438. The Morgan fingerprint density at radius 1 is 1.22 bits per heavy atom.